The molecule has 6 heteroatoms. The Morgan fingerprint density at radius 2 is 1.81 bits per heavy atom. The minimum absolute atomic E-state index is 0.236. The first kappa shape index (κ1) is 18.7. The molecule has 2 aromatic rings. The number of methoxy groups -OCH3 is 2. The van der Waals surface area contributed by atoms with E-state index in [1.165, 1.54) is 12.0 Å². The topological polar surface area (TPSA) is 55.8 Å². The first-order valence-electron chi connectivity index (χ1n) is 8.21. The first-order chi connectivity index (χ1) is 13.0. The molecule has 1 amide bonds. The number of hydrogen-bond donors (Lipinski definition) is 0. The molecule has 3 rings (SSSR count). The number of carbonyl (C=O) groups is 2. The van der Waals surface area contributed by atoms with E-state index in [1.807, 2.05) is 0 Å². The van der Waals surface area contributed by atoms with E-state index in [4.69, 9.17) is 21.1 Å². The summed E-state index contributed by atoms with van der Waals surface area (Å²) in [5.74, 6) is -0.259. The molecule has 1 aliphatic heterocycles. The normalized spacial score (nSPS) is 15.5. The van der Waals surface area contributed by atoms with Gasteiger partial charge in [0.1, 0.15) is 5.75 Å². The second-order valence-corrected chi connectivity index (χ2v) is 6.34. The van der Waals surface area contributed by atoms with Crippen LogP contribution in [0.3, 0.4) is 0 Å². The third-order valence-electron chi connectivity index (χ3n) is 4.28. The van der Waals surface area contributed by atoms with Gasteiger partial charge >= 0.3 is 5.97 Å². The number of amides is 1. The van der Waals surface area contributed by atoms with E-state index in [1.54, 1.807) is 68.6 Å². The number of nitrogens with zero attached hydrogens (tertiary/aromatic N) is 1. The number of halogens is 1. The molecule has 27 heavy (non-hydrogen) atoms. The van der Waals surface area contributed by atoms with Gasteiger partial charge in [-0.2, -0.15) is 0 Å². The summed E-state index contributed by atoms with van der Waals surface area (Å²) in [6.45, 7) is 1.71. The Balaban J connectivity index is 2.12. The number of ether oxygens (including phenoxy) is 2. The van der Waals surface area contributed by atoms with Crippen LogP contribution in [0.2, 0.25) is 5.02 Å². The van der Waals surface area contributed by atoms with Crippen LogP contribution >= 0.6 is 11.6 Å². The summed E-state index contributed by atoms with van der Waals surface area (Å²) < 4.78 is 10.1. The van der Waals surface area contributed by atoms with Crippen molar-refractivity contribution in [2.75, 3.05) is 19.1 Å². The fourth-order valence-corrected chi connectivity index (χ4v) is 3.09. The van der Waals surface area contributed by atoms with E-state index in [0.29, 0.717) is 22.2 Å². The first-order valence-corrected chi connectivity index (χ1v) is 8.59. The van der Waals surface area contributed by atoms with E-state index in [9.17, 15) is 9.59 Å². The van der Waals surface area contributed by atoms with Crippen molar-refractivity contribution in [1.29, 1.82) is 0 Å². The average molecular weight is 384 g/mol. The van der Waals surface area contributed by atoms with Crippen LogP contribution in [0.25, 0.3) is 6.08 Å². The summed E-state index contributed by atoms with van der Waals surface area (Å²) in [7, 11) is 2.85. The highest BCUT2D eigenvalue weighted by molar-refractivity contribution is 6.30. The van der Waals surface area contributed by atoms with Crippen LogP contribution in [-0.4, -0.2) is 26.1 Å². The monoisotopic (exact) mass is 383 g/mol. The maximum Gasteiger partial charge on any atom is 0.340 e. The molecule has 0 saturated carbocycles. The summed E-state index contributed by atoms with van der Waals surface area (Å²) in [5, 5.41) is 0.591. The van der Waals surface area contributed by atoms with Crippen molar-refractivity contribution in [3.8, 4) is 5.75 Å². The molecule has 0 aliphatic carbocycles. The van der Waals surface area contributed by atoms with Crippen LogP contribution in [0, 0.1) is 0 Å². The lowest BCUT2D eigenvalue weighted by Crippen LogP contribution is -2.24. The maximum atomic E-state index is 13.2. The van der Waals surface area contributed by atoms with Crippen LogP contribution in [0.5, 0.6) is 5.75 Å². The predicted octanol–water partition coefficient (Wildman–Crippen LogP) is 4.23. The van der Waals surface area contributed by atoms with Gasteiger partial charge in [0.15, 0.2) is 0 Å². The molecule has 1 aliphatic rings. The summed E-state index contributed by atoms with van der Waals surface area (Å²) in [5.41, 5.74) is 2.37. The van der Waals surface area contributed by atoms with Gasteiger partial charge in [0, 0.05) is 16.8 Å². The van der Waals surface area contributed by atoms with Gasteiger partial charge in [-0.05, 0) is 42.8 Å². The van der Waals surface area contributed by atoms with Crippen molar-refractivity contribution >= 4 is 35.2 Å². The second kappa shape index (κ2) is 7.68. The molecule has 0 aromatic heterocycles. The van der Waals surface area contributed by atoms with Gasteiger partial charge in [0.2, 0.25) is 0 Å². The predicted molar refractivity (Wildman–Crippen MR) is 105 cm³/mol. The van der Waals surface area contributed by atoms with Gasteiger partial charge in [0.05, 0.1) is 31.1 Å². The Bertz CT molecular complexity index is 960. The fraction of sp³-hybridized carbons (Fsp3) is 0.143. The molecule has 0 unspecified atom stereocenters. The largest absolute Gasteiger partial charge is 0.497 e. The number of allylic oxidation sites excluding steroid dienone is 1. The highest BCUT2D eigenvalue weighted by Gasteiger charge is 2.37. The van der Waals surface area contributed by atoms with Crippen LogP contribution < -0.4 is 9.64 Å². The Morgan fingerprint density at radius 3 is 2.44 bits per heavy atom. The molecule has 0 radical (unpaired) electrons. The number of hydrogen-bond acceptors (Lipinski definition) is 4. The van der Waals surface area contributed by atoms with Gasteiger partial charge < -0.3 is 9.47 Å². The Hall–Kier alpha value is -3.05. The van der Waals surface area contributed by atoms with Gasteiger partial charge in [-0.1, -0.05) is 29.8 Å². The standard InChI is InChI=1S/C21H18ClNO4/c1-13-19(21(25)27-3)18(11-14-7-9-15(22)10-8-14)20(24)23(13)16-5-4-6-17(12-16)26-2/h4-12H,1-3H3/b18-11-. The number of benzene rings is 2. The Kier molecular flexibility index (Phi) is 5.33. The van der Waals surface area contributed by atoms with Gasteiger partial charge in [-0.15, -0.1) is 0 Å². The van der Waals surface area contributed by atoms with E-state index in [0.717, 1.165) is 5.56 Å². The van der Waals surface area contributed by atoms with Gasteiger partial charge in [0.25, 0.3) is 5.91 Å². The molecule has 1 heterocycles. The Labute approximate surface area is 162 Å². The quantitative estimate of drug-likeness (QED) is 0.585. The lowest BCUT2D eigenvalue weighted by Gasteiger charge is -2.18. The molecule has 138 valence electrons. The van der Waals surface area contributed by atoms with Crippen molar-refractivity contribution in [3.63, 3.8) is 0 Å². The molecular weight excluding hydrogens is 366 g/mol. The zero-order valence-corrected chi connectivity index (χ0v) is 15.9. The number of anilines is 1. The van der Waals surface area contributed by atoms with Crippen molar-refractivity contribution in [3.05, 3.63) is 76.0 Å². The number of carbonyl (C=O) groups excluding carboxylic acids is 2. The molecule has 5 nitrogen and oxygen atoms in total. The molecule has 0 bridgehead atoms. The maximum absolute atomic E-state index is 13.2. The van der Waals surface area contributed by atoms with Gasteiger partial charge in [-0.25, -0.2) is 4.79 Å². The van der Waals surface area contributed by atoms with Crippen LogP contribution in [-0.2, 0) is 14.3 Å². The smallest absolute Gasteiger partial charge is 0.340 e. The van der Waals surface area contributed by atoms with Crippen molar-refractivity contribution in [2.24, 2.45) is 0 Å². The molecule has 0 N–H and O–H groups in total. The second-order valence-electron chi connectivity index (χ2n) is 5.90. The summed E-state index contributed by atoms with van der Waals surface area (Å²) >= 11 is 5.92. The molecule has 0 atom stereocenters. The molecule has 0 spiro atoms. The minimum atomic E-state index is -0.563. The van der Waals surface area contributed by atoms with Gasteiger partial charge in [-0.3, -0.25) is 9.69 Å². The van der Waals surface area contributed by atoms with E-state index in [-0.39, 0.29) is 17.1 Å². The highest BCUT2D eigenvalue weighted by Crippen LogP contribution is 2.36. The lowest BCUT2D eigenvalue weighted by atomic mass is 10.0. The third-order valence-corrected chi connectivity index (χ3v) is 4.53. The fourth-order valence-electron chi connectivity index (χ4n) is 2.97. The van der Waals surface area contributed by atoms with Crippen molar-refractivity contribution in [1.82, 2.24) is 0 Å². The van der Waals surface area contributed by atoms with Crippen molar-refractivity contribution in [2.45, 2.75) is 6.92 Å². The highest BCUT2D eigenvalue weighted by atomic mass is 35.5. The van der Waals surface area contributed by atoms with E-state index in [2.05, 4.69) is 0 Å². The lowest BCUT2D eigenvalue weighted by molar-refractivity contribution is -0.136. The van der Waals surface area contributed by atoms with Crippen LogP contribution in [0.15, 0.2) is 65.4 Å². The van der Waals surface area contributed by atoms with Crippen molar-refractivity contribution < 1.29 is 19.1 Å². The molecular formula is C21H18ClNO4. The Morgan fingerprint density at radius 1 is 1.11 bits per heavy atom. The van der Waals surface area contributed by atoms with E-state index >= 15 is 0 Å². The van der Waals surface area contributed by atoms with E-state index < -0.39 is 5.97 Å². The molecule has 0 saturated heterocycles. The molecule has 2 aromatic carbocycles. The minimum Gasteiger partial charge on any atom is -0.497 e. The SMILES string of the molecule is COC(=O)C1=C(C)N(c2cccc(OC)c2)C(=O)/C1=C\c1ccc(Cl)cc1. The summed E-state index contributed by atoms with van der Waals surface area (Å²) in [6.07, 6.45) is 1.66. The van der Waals surface area contributed by atoms with Crippen LogP contribution in [0.1, 0.15) is 12.5 Å². The average Bonchev–Trinajstić information content (AvgIpc) is 2.92. The number of rotatable bonds is 4. The summed E-state index contributed by atoms with van der Waals surface area (Å²) in [4.78, 5) is 27.0. The molecule has 0 fully saturated rings. The zero-order valence-electron chi connectivity index (χ0n) is 15.2. The zero-order chi connectivity index (χ0) is 19.6. The van der Waals surface area contributed by atoms with Crippen LogP contribution in [0.4, 0.5) is 5.69 Å². The third kappa shape index (κ3) is 3.59. The number of esters is 1. The summed E-state index contributed by atoms with van der Waals surface area (Å²) in [6, 6.07) is 14.1.